The molecule has 0 radical (unpaired) electrons. The van der Waals surface area contributed by atoms with E-state index in [1.54, 1.807) is 0 Å². The number of nitrogens with zero attached hydrogens (tertiary/aromatic N) is 4. The van der Waals surface area contributed by atoms with E-state index in [2.05, 4.69) is 19.9 Å². The van der Waals surface area contributed by atoms with Gasteiger partial charge in [-0.05, 0) is 11.6 Å². The zero-order valence-electron chi connectivity index (χ0n) is 8.61. The number of halogens is 1. The molecule has 0 atom stereocenters. The first-order chi connectivity index (χ1) is 7.29. The fraction of sp³-hybridized carbons (Fsp3) is 0.667. The highest BCUT2D eigenvalue weighted by Gasteiger charge is 2.15. The summed E-state index contributed by atoms with van der Waals surface area (Å²) in [4.78, 5) is 14.6. The standard InChI is InChI=1S/C9H13ClN4O/c1-2-7-11-8(10)13-9(12-7)14-3-5-15-6-4-14/h2-6H2,1H3. The van der Waals surface area contributed by atoms with Crippen molar-refractivity contribution in [2.75, 3.05) is 31.2 Å². The van der Waals surface area contributed by atoms with Crippen LogP contribution in [0.2, 0.25) is 5.28 Å². The Bertz CT molecular complexity index is 341. The normalized spacial score (nSPS) is 16.8. The Kier molecular flexibility index (Phi) is 3.33. The molecule has 2 rings (SSSR count). The van der Waals surface area contributed by atoms with Gasteiger partial charge in [0.05, 0.1) is 13.2 Å². The Labute approximate surface area is 93.5 Å². The summed E-state index contributed by atoms with van der Waals surface area (Å²) >= 11 is 5.83. The third-order valence-electron chi connectivity index (χ3n) is 2.25. The van der Waals surface area contributed by atoms with E-state index in [1.165, 1.54) is 0 Å². The molecule has 5 nitrogen and oxygen atoms in total. The second-order valence-electron chi connectivity index (χ2n) is 3.27. The van der Waals surface area contributed by atoms with Crippen molar-refractivity contribution in [1.29, 1.82) is 0 Å². The molecule has 2 heterocycles. The molecule has 15 heavy (non-hydrogen) atoms. The van der Waals surface area contributed by atoms with Crippen molar-refractivity contribution in [1.82, 2.24) is 15.0 Å². The van der Waals surface area contributed by atoms with Crippen molar-refractivity contribution in [2.24, 2.45) is 0 Å². The fourth-order valence-corrected chi connectivity index (χ4v) is 1.62. The van der Waals surface area contributed by atoms with Gasteiger partial charge in [0.2, 0.25) is 11.2 Å². The molecular weight excluding hydrogens is 216 g/mol. The average molecular weight is 229 g/mol. The Morgan fingerprint density at radius 1 is 1.27 bits per heavy atom. The van der Waals surface area contributed by atoms with E-state index in [9.17, 15) is 0 Å². The lowest BCUT2D eigenvalue weighted by atomic mass is 10.4. The van der Waals surface area contributed by atoms with Crippen LogP contribution in [0.3, 0.4) is 0 Å². The minimum absolute atomic E-state index is 0.267. The Balaban J connectivity index is 2.22. The van der Waals surface area contributed by atoms with E-state index in [-0.39, 0.29) is 5.28 Å². The van der Waals surface area contributed by atoms with Crippen LogP contribution in [0.5, 0.6) is 0 Å². The van der Waals surface area contributed by atoms with Gasteiger partial charge in [0.15, 0.2) is 0 Å². The Morgan fingerprint density at radius 2 is 2.00 bits per heavy atom. The molecule has 82 valence electrons. The lowest BCUT2D eigenvalue weighted by Crippen LogP contribution is -2.37. The van der Waals surface area contributed by atoms with Gasteiger partial charge in [-0.3, -0.25) is 0 Å². The van der Waals surface area contributed by atoms with Crippen LogP contribution in [-0.4, -0.2) is 41.3 Å². The second kappa shape index (κ2) is 4.72. The molecule has 1 aliphatic rings. The van der Waals surface area contributed by atoms with Gasteiger partial charge in [0.1, 0.15) is 5.82 Å². The van der Waals surface area contributed by atoms with Crippen molar-refractivity contribution in [2.45, 2.75) is 13.3 Å². The second-order valence-corrected chi connectivity index (χ2v) is 3.61. The molecule has 0 amide bonds. The number of rotatable bonds is 2. The number of ether oxygens (including phenoxy) is 1. The lowest BCUT2D eigenvalue weighted by Gasteiger charge is -2.26. The van der Waals surface area contributed by atoms with Gasteiger partial charge in [-0.2, -0.15) is 9.97 Å². The Morgan fingerprint density at radius 3 is 2.67 bits per heavy atom. The third-order valence-corrected chi connectivity index (χ3v) is 2.42. The van der Waals surface area contributed by atoms with Crippen molar-refractivity contribution >= 4 is 17.5 Å². The van der Waals surface area contributed by atoms with E-state index in [0.29, 0.717) is 19.2 Å². The molecular formula is C9H13ClN4O. The number of hydrogen-bond acceptors (Lipinski definition) is 5. The summed E-state index contributed by atoms with van der Waals surface area (Å²) in [6, 6.07) is 0. The summed E-state index contributed by atoms with van der Waals surface area (Å²) in [5, 5.41) is 0.267. The van der Waals surface area contributed by atoms with Gasteiger partial charge in [0.25, 0.3) is 0 Å². The summed E-state index contributed by atoms with van der Waals surface area (Å²) < 4.78 is 5.26. The van der Waals surface area contributed by atoms with E-state index in [0.717, 1.165) is 25.3 Å². The number of aromatic nitrogens is 3. The predicted molar refractivity (Wildman–Crippen MR) is 57.2 cm³/mol. The lowest BCUT2D eigenvalue weighted by molar-refractivity contribution is 0.122. The van der Waals surface area contributed by atoms with Crippen molar-refractivity contribution in [3.63, 3.8) is 0 Å². The SMILES string of the molecule is CCc1nc(Cl)nc(N2CCOCC2)n1. The molecule has 1 aliphatic heterocycles. The summed E-state index contributed by atoms with van der Waals surface area (Å²) in [6.45, 7) is 5.04. The number of hydrogen-bond donors (Lipinski definition) is 0. The van der Waals surface area contributed by atoms with Gasteiger partial charge in [-0.25, -0.2) is 4.98 Å². The molecule has 6 heteroatoms. The van der Waals surface area contributed by atoms with Crippen LogP contribution in [-0.2, 0) is 11.2 Å². The van der Waals surface area contributed by atoms with E-state index in [4.69, 9.17) is 16.3 Å². The number of anilines is 1. The first kappa shape index (κ1) is 10.6. The highest BCUT2D eigenvalue weighted by atomic mass is 35.5. The van der Waals surface area contributed by atoms with Gasteiger partial charge in [0, 0.05) is 19.5 Å². The van der Waals surface area contributed by atoms with E-state index >= 15 is 0 Å². The number of aryl methyl sites for hydroxylation is 1. The molecule has 1 saturated heterocycles. The molecule has 1 aromatic rings. The third kappa shape index (κ3) is 2.54. The van der Waals surface area contributed by atoms with Crippen LogP contribution in [0.25, 0.3) is 0 Å². The number of morpholine rings is 1. The summed E-state index contributed by atoms with van der Waals surface area (Å²) in [7, 11) is 0. The fourth-order valence-electron chi connectivity index (χ4n) is 1.44. The molecule has 0 aliphatic carbocycles. The smallest absolute Gasteiger partial charge is 0.230 e. The van der Waals surface area contributed by atoms with Gasteiger partial charge in [-0.15, -0.1) is 0 Å². The maximum atomic E-state index is 5.83. The molecule has 0 saturated carbocycles. The average Bonchev–Trinajstić information content (AvgIpc) is 2.29. The first-order valence-corrected chi connectivity index (χ1v) is 5.40. The monoisotopic (exact) mass is 228 g/mol. The topological polar surface area (TPSA) is 51.1 Å². The van der Waals surface area contributed by atoms with Crippen LogP contribution in [0.4, 0.5) is 5.95 Å². The first-order valence-electron chi connectivity index (χ1n) is 5.02. The molecule has 0 aromatic carbocycles. The van der Waals surface area contributed by atoms with Gasteiger partial charge < -0.3 is 9.64 Å². The van der Waals surface area contributed by atoms with Crippen molar-refractivity contribution < 1.29 is 4.74 Å². The quantitative estimate of drug-likeness (QED) is 0.754. The van der Waals surface area contributed by atoms with Crippen LogP contribution < -0.4 is 4.90 Å². The van der Waals surface area contributed by atoms with Crippen LogP contribution >= 0.6 is 11.6 Å². The van der Waals surface area contributed by atoms with E-state index < -0.39 is 0 Å². The highest BCUT2D eigenvalue weighted by molar-refractivity contribution is 6.28. The Hall–Kier alpha value is -0.940. The minimum atomic E-state index is 0.267. The molecule has 1 fully saturated rings. The van der Waals surface area contributed by atoms with E-state index in [1.807, 2.05) is 6.92 Å². The zero-order chi connectivity index (χ0) is 10.7. The maximum Gasteiger partial charge on any atom is 0.230 e. The predicted octanol–water partition coefficient (Wildman–Crippen LogP) is 0.924. The molecule has 1 aromatic heterocycles. The molecule has 0 N–H and O–H groups in total. The van der Waals surface area contributed by atoms with Crippen molar-refractivity contribution in [3.8, 4) is 0 Å². The minimum Gasteiger partial charge on any atom is -0.378 e. The molecule has 0 spiro atoms. The summed E-state index contributed by atoms with van der Waals surface area (Å²) in [5.74, 6) is 1.40. The van der Waals surface area contributed by atoms with Crippen LogP contribution in [0.15, 0.2) is 0 Å². The molecule has 0 unspecified atom stereocenters. The summed E-state index contributed by atoms with van der Waals surface area (Å²) in [5.41, 5.74) is 0. The highest BCUT2D eigenvalue weighted by Crippen LogP contribution is 2.12. The van der Waals surface area contributed by atoms with Crippen molar-refractivity contribution in [3.05, 3.63) is 11.1 Å². The summed E-state index contributed by atoms with van der Waals surface area (Å²) in [6.07, 6.45) is 0.763. The maximum absolute atomic E-state index is 5.83. The largest absolute Gasteiger partial charge is 0.378 e. The van der Waals surface area contributed by atoms with Gasteiger partial charge >= 0.3 is 0 Å². The zero-order valence-corrected chi connectivity index (χ0v) is 9.37. The molecule has 0 bridgehead atoms. The van der Waals surface area contributed by atoms with Crippen LogP contribution in [0, 0.1) is 0 Å². The van der Waals surface area contributed by atoms with Crippen LogP contribution in [0.1, 0.15) is 12.7 Å². The van der Waals surface area contributed by atoms with Gasteiger partial charge in [-0.1, -0.05) is 6.92 Å².